The third-order valence-electron chi connectivity index (χ3n) is 4.46. The predicted octanol–water partition coefficient (Wildman–Crippen LogP) is 4.80. The van der Waals surface area contributed by atoms with E-state index in [4.69, 9.17) is 16.3 Å². The van der Waals surface area contributed by atoms with Crippen molar-refractivity contribution in [3.63, 3.8) is 0 Å². The average Bonchev–Trinajstić information content (AvgIpc) is 2.74. The second-order valence-electron chi connectivity index (χ2n) is 6.78. The fourth-order valence-electron chi connectivity index (χ4n) is 2.94. The van der Waals surface area contributed by atoms with Crippen molar-refractivity contribution in [2.75, 3.05) is 13.7 Å². The molecule has 2 aromatic carbocycles. The zero-order valence-electron chi connectivity index (χ0n) is 17.6. The van der Waals surface area contributed by atoms with Crippen molar-refractivity contribution in [1.29, 1.82) is 0 Å². The number of hydrogen-bond donors (Lipinski definition) is 2. The van der Waals surface area contributed by atoms with Gasteiger partial charge in [0, 0.05) is 24.1 Å². The van der Waals surface area contributed by atoms with E-state index in [-0.39, 0.29) is 54.1 Å². The van der Waals surface area contributed by atoms with Crippen molar-refractivity contribution < 1.29 is 23.5 Å². The van der Waals surface area contributed by atoms with Crippen LogP contribution in [0.1, 0.15) is 38.3 Å². The predicted molar refractivity (Wildman–Crippen MR) is 120 cm³/mol. The van der Waals surface area contributed by atoms with E-state index in [0.717, 1.165) is 0 Å². The first-order valence-corrected chi connectivity index (χ1v) is 10.0. The van der Waals surface area contributed by atoms with Gasteiger partial charge in [0.1, 0.15) is 12.3 Å². The van der Waals surface area contributed by atoms with Crippen molar-refractivity contribution in [1.82, 2.24) is 10.6 Å². The number of hydrogen-bond acceptors (Lipinski definition) is 5. The molecule has 0 saturated heterocycles. The minimum absolute atomic E-state index is 0. The number of rotatable bonds is 10. The Morgan fingerprint density at radius 2 is 1.84 bits per heavy atom. The molecule has 0 unspecified atom stereocenters. The number of ether oxygens (including phenoxy) is 2. The Hall–Kier alpha value is -2.35. The Bertz CT molecular complexity index is 868. The van der Waals surface area contributed by atoms with Crippen LogP contribution in [0.15, 0.2) is 42.5 Å². The van der Waals surface area contributed by atoms with E-state index >= 15 is 4.39 Å². The Kier molecular flexibility index (Phi) is 11.3. The first-order valence-electron chi connectivity index (χ1n) is 9.66. The molecule has 1 amide bonds. The summed E-state index contributed by atoms with van der Waals surface area (Å²) in [7, 11) is 1.25. The lowest BCUT2D eigenvalue weighted by atomic mass is 10.0. The maximum absolute atomic E-state index is 15.2. The maximum Gasteiger partial charge on any atom is 0.325 e. The van der Waals surface area contributed by atoms with Crippen LogP contribution in [-0.2, 0) is 14.3 Å². The zero-order chi connectivity index (χ0) is 22.1. The molecule has 0 aliphatic carbocycles. The monoisotopic (exact) mass is 472 g/mol. The van der Waals surface area contributed by atoms with E-state index < -0.39 is 11.8 Å². The molecule has 6 nitrogen and oxygen atoms in total. The number of halogens is 3. The van der Waals surface area contributed by atoms with E-state index in [1.54, 1.807) is 36.4 Å². The van der Waals surface area contributed by atoms with Gasteiger partial charge in [-0.2, -0.15) is 0 Å². The van der Waals surface area contributed by atoms with Crippen molar-refractivity contribution in [3.8, 4) is 11.5 Å². The molecule has 170 valence electrons. The molecule has 9 heteroatoms. The summed E-state index contributed by atoms with van der Waals surface area (Å²) in [6.07, 6.45) is 0.702. The van der Waals surface area contributed by atoms with Crippen molar-refractivity contribution >= 4 is 35.9 Å². The Morgan fingerprint density at radius 1 is 1.16 bits per heavy atom. The molecule has 0 saturated carbocycles. The minimum Gasteiger partial charge on any atom is -0.468 e. The van der Waals surface area contributed by atoms with Crippen molar-refractivity contribution in [2.24, 2.45) is 0 Å². The number of methoxy groups -OCH3 is 1. The molecule has 0 aromatic heterocycles. The van der Waals surface area contributed by atoms with Gasteiger partial charge in [0.2, 0.25) is 5.91 Å². The van der Waals surface area contributed by atoms with Gasteiger partial charge in [0.05, 0.1) is 12.1 Å². The van der Waals surface area contributed by atoms with Crippen LogP contribution in [-0.4, -0.2) is 31.6 Å². The molecule has 2 atom stereocenters. The van der Waals surface area contributed by atoms with Gasteiger partial charge in [-0.3, -0.25) is 9.59 Å². The van der Waals surface area contributed by atoms with Gasteiger partial charge in [-0.05, 0) is 31.5 Å². The van der Waals surface area contributed by atoms with Crippen LogP contribution < -0.4 is 15.4 Å². The molecule has 0 spiro atoms. The first kappa shape index (κ1) is 26.7. The van der Waals surface area contributed by atoms with Gasteiger partial charge in [-0.1, -0.05) is 42.8 Å². The molecule has 2 rings (SSSR count). The summed E-state index contributed by atoms with van der Waals surface area (Å²) in [6.45, 7) is 3.54. The number of nitrogens with one attached hydrogen (secondary N) is 2. The highest BCUT2D eigenvalue weighted by Crippen LogP contribution is 2.36. The lowest BCUT2D eigenvalue weighted by Crippen LogP contribution is -2.37. The lowest BCUT2D eigenvalue weighted by molar-refractivity contribution is -0.141. The molecule has 0 aliphatic heterocycles. The summed E-state index contributed by atoms with van der Waals surface area (Å²) in [6, 6.07) is 11.4. The Labute approximate surface area is 192 Å². The fourth-order valence-corrected chi connectivity index (χ4v) is 3.12. The summed E-state index contributed by atoms with van der Waals surface area (Å²) in [5, 5.41) is 5.91. The average molecular weight is 473 g/mol. The molecule has 0 heterocycles. The number of amides is 1. The summed E-state index contributed by atoms with van der Waals surface area (Å²) in [5.41, 5.74) is 0.398. The van der Waals surface area contributed by atoms with Crippen LogP contribution in [0.3, 0.4) is 0 Å². The molecular weight excluding hydrogens is 446 g/mol. The number of carbonyl (C=O) groups is 2. The molecular formula is C22H27Cl2FN2O4. The van der Waals surface area contributed by atoms with Gasteiger partial charge >= 0.3 is 5.97 Å². The fraction of sp³-hybridized carbons (Fsp3) is 0.364. The molecule has 2 aromatic rings. The van der Waals surface area contributed by atoms with Crippen LogP contribution in [0.5, 0.6) is 11.5 Å². The highest BCUT2D eigenvalue weighted by molar-refractivity contribution is 6.32. The van der Waals surface area contributed by atoms with Gasteiger partial charge in [-0.15, -0.1) is 12.4 Å². The van der Waals surface area contributed by atoms with Crippen molar-refractivity contribution in [3.05, 3.63) is 58.9 Å². The number of benzene rings is 2. The van der Waals surface area contributed by atoms with Crippen LogP contribution >= 0.6 is 24.0 Å². The van der Waals surface area contributed by atoms with Crippen LogP contribution in [0.4, 0.5) is 4.39 Å². The third-order valence-corrected chi connectivity index (χ3v) is 4.76. The largest absolute Gasteiger partial charge is 0.468 e. The Balaban J connectivity index is 0.00000480. The summed E-state index contributed by atoms with van der Waals surface area (Å²) in [5.74, 6) is -0.936. The van der Waals surface area contributed by atoms with Gasteiger partial charge in [-0.25, -0.2) is 4.39 Å². The highest BCUT2D eigenvalue weighted by Gasteiger charge is 2.22. The molecule has 0 radical (unpaired) electrons. The normalized spacial score (nSPS) is 12.3. The van der Waals surface area contributed by atoms with Crippen LogP contribution in [0.2, 0.25) is 5.02 Å². The zero-order valence-corrected chi connectivity index (χ0v) is 19.2. The van der Waals surface area contributed by atoms with Crippen molar-refractivity contribution in [2.45, 2.75) is 38.8 Å². The highest BCUT2D eigenvalue weighted by atomic mass is 35.5. The van der Waals surface area contributed by atoms with E-state index in [9.17, 15) is 9.59 Å². The smallest absolute Gasteiger partial charge is 0.325 e. The van der Waals surface area contributed by atoms with Crippen LogP contribution in [0.25, 0.3) is 0 Å². The lowest BCUT2D eigenvalue weighted by Gasteiger charge is -2.24. The maximum atomic E-state index is 15.2. The van der Waals surface area contributed by atoms with E-state index in [1.165, 1.54) is 7.11 Å². The SMILES string of the molecule is CC[C@@H](N[C@H](C)CC(=O)NCC(=O)OC)c1ccc(Cl)c(Oc2ccccc2)c1F.Cl. The van der Waals surface area contributed by atoms with E-state index in [2.05, 4.69) is 15.4 Å². The molecule has 0 fully saturated rings. The quantitative estimate of drug-likeness (QED) is 0.485. The summed E-state index contributed by atoms with van der Waals surface area (Å²) >= 11 is 6.17. The van der Waals surface area contributed by atoms with Gasteiger partial charge in [0.25, 0.3) is 0 Å². The molecule has 0 bridgehead atoms. The van der Waals surface area contributed by atoms with E-state index in [0.29, 0.717) is 17.7 Å². The summed E-state index contributed by atoms with van der Waals surface area (Å²) < 4.78 is 25.4. The Morgan fingerprint density at radius 3 is 2.45 bits per heavy atom. The summed E-state index contributed by atoms with van der Waals surface area (Å²) in [4.78, 5) is 23.1. The standard InChI is InChI=1S/C22H26ClFN2O4.ClH/c1-4-18(26-14(2)12-19(27)25-13-20(28)29-3)16-10-11-17(23)22(21(16)24)30-15-8-6-5-7-9-15;/h5-11,14,18,26H,4,12-13H2,1-3H3,(H,25,27);1H/t14-,18-;/m1./s1. The molecule has 0 aliphatic rings. The van der Waals surface area contributed by atoms with Crippen LogP contribution in [0, 0.1) is 5.82 Å². The molecule has 2 N–H and O–H groups in total. The second-order valence-corrected chi connectivity index (χ2v) is 7.19. The first-order chi connectivity index (χ1) is 14.3. The molecule has 31 heavy (non-hydrogen) atoms. The van der Waals surface area contributed by atoms with E-state index in [1.807, 2.05) is 19.9 Å². The number of esters is 1. The third kappa shape index (κ3) is 8.01. The van der Waals surface area contributed by atoms with Gasteiger partial charge in [0.15, 0.2) is 11.6 Å². The number of carbonyl (C=O) groups excluding carboxylic acids is 2. The minimum atomic E-state index is -0.548. The topological polar surface area (TPSA) is 76.7 Å². The second kappa shape index (κ2) is 13.1. The number of para-hydroxylation sites is 1. The van der Waals surface area contributed by atoms with Gasteiger partial charge < -0.3 is 20.1 Å².